The molecule has 0 aliphatic heterocycles. The second-order valence-corrected chi connectivity index (χ2v) is 6.87. The van der Waals surface area contributed by atoms with Crippen LogP contribution in [0.1, 0.15) is 37.8 Å². The van der Waals surface area contributed by atoms with Crippen LogP contribution in [0.5, 0.6) is 0 Å². The molecule has 5 nitrogen and oxygen atoms in total. The van der Waals surface area contributed by atoms with E-state index in [2.05, 4.69) is 53.7 Å². The number of pyridine rings is 1. The van der Waals surface area contributed by atoms with Crippen molar-refractivity contribution in [2.45, 2.75) is 39.8 Å². The van der Waals surface area contributed by atoms with Gasteiger partial charge in [-0.15, -0.1) is 24.0 Å². The molecule has 0 radical (unpaired) electrons. The molecule has 0 saturated carbocycles. The minimum absolute atomic E-state index is 0. The smallest absolute Gasteiger partial charge is 0.250 e. The molecule has 0 bridgehead atoms. The summed E-state index contributed by atoms with van der Waals surface area (Å²) in [6, 6.07) is 13.5. The Bertz CT molecular complexity index is 753. The van der Waals surface area contributed by atoms with Gasteiger partial charge in [0, 0.05) is 32.4 Å². The number of hydrogen-bond acceptors (Lipinski definition) is 2. The van der Waals surface area contributed by atoms with Crippen molar-refractivity contribution in [3.63, 3.8) is 0 Å². The van der Waals surface area contributed by atoms with Crippen LogP contribution in [0.2, 0.25) is 0 Å². The summed E-state index contributed by atoms with van der Waals surface area (Å²) in [6.45, 7) is 6.72. The average molecular weight is 482 g/mol. The molecule has 0 amide bonds. The molecule has 0 aliphatic rings. The third-order valence-corrected chi connectivity index (χ3v) is 4.21. The van der Waals surface area contributed by atoms with Gasteiger partial charge in [0.05, 0.1) is 6.54 Å². The van der Waals surface area contributed by atoms with E-state index in [1.807, 2.05) is 12.3 Å². The van der Waals surface area contributed by atoms with E-state index in [9.17, 15) is 4.79 Å². The van der Waals surface area contributed by atoms with Crippen LogP contribution in [0.15, 0.2) is 58.4 Å². The van der Waals surface area contributed by atoms with E-state index in [1.165, 1.54) is 12.0 Å². The lowest BCUT2D eigenvalue weighted by molar-refractivity contribution is 0.549. The monoisotopic (exact) mass is 482 g/mol. The first-order valence-electron chi connectivity index (χ1n) is 9.26. The molecule has 0 unspecified atom stereocenters. The molecule has 27 heavy (non-hydrogen) atoms. The molecule has 1 heterocycles. The Morgan fingerprint density at radius 1 is 1.07 bits per heavy atom. The van der Waals surface area contributed by atoms with Crippen LogP contribution in [-0.4, -0.2) is 24.1 Å². The van der Waals surface area contributed by atoms with E-state index in [-0.39, 0.29) is 29.5 Å². The normalized spacial score (nSPS) is 11.2. The first kappa shape index (κ1) is 23.2. The lowest BCUT2D eigenvalue weighted by atomic mass is 10.1. The number of guanidine groups is 1. The Labute approximate surface area is 179 Å². The van der Waals surface area contributed by atoms with Crippen molar-refractivity contribution in [3.05, 3.63) is 70.1 Å². The second kappa shape index (κ2) is 12.5. The van der Waals surface area contributed by atoms with Crippen LogP contribution in [-0.2, 0) is 13.1 Å². The Morgan fingerprint density at radius 2 is 1.78 bits per heavy atom. The number of nitrogens with zero attached hydrogens (tertiary/aromatic N) is 2. The molecule has 0 fully saturated rings. The summed E-state index contributed by atoms with van der Waals surface area (Å²) in [4.78, 5) is 16.0. The van der Waals surface area contributed by atoms with Crippen molar-refractivity contribution in [1.29, 1.82) is 0 Å². The topological polar surface area (TPSA) is 58.4 Å². The lowest BCUT2D eigenvalue weighted by Crippen LogP contribution is -2.37. The van der Waals surface area contributed by atoms with Crippen LogP contribution >= 0.6 is 24.0 Å². The quantitative estimate of drug-likeness (QED) is 0.262. The Kier molecular flexibility index (Phi) is 10.8. The molecule has 0 spiro atoms. The maximum absolute atomic E-state index is 11.8. The van der Waals surface area contributed by atoms with Gasteiger partial charge in [0.25, 0.3) is 5.56 Å². The minimum atomic E-state index is 0. The number of aromatic nitrogens is 1. The molecular formula is C21H31IN4O. The largest absolute Gasteiger partial charge is 0.356 e. The molecule has 0 saturated heterocycles. The summed E-state index contributed by atoms with van der Waals surface area (Å²) in [6.07, 6.45) is 4.18. The van der Waals surface area contributed by atoms with Gasteiger partial charge in [-0.1, -0.05) is 44.2 Å². The van der Waals surface area contributed by atoms with Crippen molar-refractivity contribution in [2.24, 2.45) is 10.9 Å². The van der Waals surface area contributed by atoms with Crippen LogP contribution in [0, 0.1) is 5.92 Å². The fourth-order valence-electron chi connectivity index (χ4n) is 2.67. The second-order valence-electron chi connectivity index (χ2n) is 6.87. The van der Waals surface area contributed by atoms with E-state index in [0.29, 0.717) is 6.54 Å². The lowest BCUT2D eigenvalue weighted by Gasteiger charge is -2.13. The predicted molar refractivity (Wildman–Crippen MR) is 124 cm³/mol. The highest BCUT2D eigenvalue weighted by atomic mass is 127. The minimum Gasteiger partial charge on any atom is -0.356 e. The van der Waals surface area contributed by atoms with Gasteiger partial charge in [-0.3, -0.25) is 9.79 Å². The van der Waals surface area contributed by atoms with Gasteiger partial charge >= 0.3 is 0 Å². The van der Waals surface area contributed by atoms with E-state index >= 15 is 0 Å². The SMILES string of the molecule is CN=C(NCCCC(C)C)NCc1ccc(Cn2ccccc2=O)cc1.I. The summed E-state index contributed by atoms with van der Waals surface area (Å²) in [5.41, 5.74) is 2.31. The van der Waals surface area contributed by atoms with Crippen molar-refractivity contribution in [2.75, 3.05) is 13.6 Å². The van der Waals surface area contributed by atoms with E-state index in [4.69, 9.17) is 0 Å². The summed E-state index contributed by atoms with van der Waals surface area (Å²) in [5.74, 6) is 1.56. The van der Waals surface area contributed by atoms with Crippen molar-refractivity contribution in [3.8, 4) is 0 Å². The predicted octanol–water partition coefficient (Wildman–Crippen LogP) is 3.62. The number of hydrogen-bond donors (Lipinski definition) is 2. The molecule has 2 rings (SSSR count). The molecule has 0 atom stereocenters. The Morgan fingerprint density at radius 3 is 2.41 bits per heavy atom. The van der Waals surface area contributed by atoms with Crippen molar-refractivity contribution < 1.29 is 0 Å². The van der Waals surface area contributed by atoms with Gasteiger partial charge in [-0.2, -0.15) is 0 Å². The Balaban J connectivity index is 0.00000364. The zero-order valence-corrected chi connectivity index (χ0v) is 18.8. The highest BCUT2D eigenvalue weighted by Gasteiger charge is 2.01. The van der Waals surface area contributed by atoms with Gasteiger partial charge < -0.3 is 15.2 Å². The number of nitrogens with one attached hydrogen (secondary N) is 2. The molecule has 0 aliphatic carbocycles. The highest BCUT2D eigenvalue weighted by molar-refractivity contribution is 14.0. The molecule has 2 N–H and O–H groups in total. The molecule has 2 aromatic rings. The molecule has 148 valence electrons. The van der Waals surface area contributed by atoms with E-state index < -0.39 is 0 Å². The summed E-state index contributed by atoms with van der Waals surface area (Å²) in [7, 11) is 1.79. The number of aliphatic imine (C=N–C) groups is 1. The number of rotatable bonds is 8. The van der Waals surface area contributed by atoms with Crippen molar-refractivity contribution >= 4 is 29.9 Å². The average Bonchev–Trinajstić information content (AvgIpc) is 2.64. The summed E-state index contributed by atoms with van der Waals surface area (Å²) < 4.78 is 1.70. The van der Waals surface area contributed by atoms with Gasteiger partial charge in [0.1, 0.15) is 0 Å². The summed E-state index contributed by atoms with van der Waals surface area (Å²) >= 11 is 0. The first-order chi connectivity index (χ1) is 12.6. The van der Waals surface area contributed by atoms with Gasteiger partial charge in [0.2, 0.25) is 0 Å². The van der Waals surface area contributed by atoms with E-state index in [1.54, 1.807) is 23.7 Å². The Hall–Kier alpha value is -1.83. The zero-order valence-electron chi connectivity index (χ0n) is 16.4. The summed E-state index contributed by atoms with van der Waals surface area (Å²) in [5, 5.41) is 6.68. The molecule has 6 heteroatoms. The first-order valence-corrected chi connectivity index (χ1v) is 9.26. The fourth-order valence-corrected chi connectivity index (χ4v) is 2.67. The number of halogens is 1. The third-order valence-electron chi connectivity index (χ3n) is 4.21. The molecular weight excluding hydrogens is 451 g/mol. The zero-order chi connectivity index (χ0) is 18.8. The maximum Gasteiger partial charge on any atom is 0.250 e. The van der Waals surface area contributed by atoms with Crippen LogP contribution in [0.25, 0.3) is 0 Å². The van der Waals surface area contributed by atoms with Gasteiger partial charge in [-0.25, -0.2) is 0 Å². The van der Waals surface area contributed by atoms with Crippen LogP contribution < -0.4 is 16.2 Å². The highest BCUT2D eigenvalue weighted by Crippen LogP contribution is 2.06. The standard InChI is InChI=1S/C21H30N4O.HI/c1-17(2)7-6-13-23-21(22-3)24-15-18-9-11-19(12-10-18)16-25-14-5-4-8-20(25)26;/h4-5,8-12,14,17H,6-7,13,15-16H2,1-3H3,(H2,22,23,24);1H. The van der Waals surface area contributed by atoms with Crippen LogP contribution in [0.4, 0.5) is 0 Å². The van der Waals surface area contributed by atoms with Crippen molar-refractivity contribution in [1.82, 2.24) is 15.2 Å². The molecule has 1 aromatic carbocycles. The van der Waals surface area contributed by atoms with Gasteiger partial charge in [0.15, 0.2) is 5.96 Å². The van der Waals surface area contributed by atoms with E-state index in [0.717, 1.165) is 37.0 Å². The third kappa shape index (κ3) is 8.60. The maximum atomic E-state index is 11.8. The number of benzene rings is 1. The fraction of sp³-hybridized carbons (Fsp3) is 0.429. The van der Waals surface area contributed by atoms with Gasteiger partial charge in [-0.05, 0) is 36.0 Å². The molecule has 1 aromatic heterocycles. The van der Waals surface area contributed by atoms with Crippen LogP contribution in [0.3, 0.4) is 0 Å².